The number of hydrogen-bond acceptors (Lipinski definition) is 5. The molecule has 0 unspecified atom stereocenters. The molecular weight excluding hydrogens is 296 g/mol. The lowest BCUT2D eigenvalue weighted by Crippen LogP contribution is -2.30. The van der Waals surface area contributed by atoms with E-state index < -0.39 is 16.0 Å². The molecule has 1 rings (SSSR count). The molecule has 0 atom stereocenters. The molecule has 1 aromatic rings. The first-order valence-electron chi connectivity index (χ1n) is 6.40. The summed E-state index contributed by atoms with van der Waals surface area (Å²) < 4.78 is 31.4. The molecule has 0 aliphatic heterocycles. The zero-order valence-corrected chi connectivity index (χ0v) is 13.0. The Kier molecular flexibility index (Phi) is 6.13. The average molecular weight is 316 g/mol. The van der Waals surface area contributed by atoms with E-state index in [9.17, 15) is 18.3 Å². The van der Waals surface area contributed by atoms with Crippen LogP contribution >= 0.6 is 0 Å². The van der Waals surface area contributed by atoms with Gasteiger partial charge in [0.2, 0.25) is 10.0 Å². The Morgan fingerprint density at radius 1 is 1.38 bits per heavy atom. The number of aromatic carboxylic acids is 1. The number of hydrogen-bond donors (Lipinski definition) is 3. The molecule has 0 heterocycles. The Bertz CT molecular complexity index is 599. The van der Waals surface area contributed by atoms with Gasteiger partial charge in [-0.15, -0.1) is 0 Å². The largest absolute Gasteiger partial charge is 0.478 e. The minimum absolute atomic E-state index is 0.0779. The van der Waals surface area contributed by atoms with Crippen LogP contribution in [0, 0.1) is 0 Å². The maximum atomic E-state index is 12.0. The number of sulfonamides is 1. The number of methoxy groups -OCH3 is 1. The number of nitrogens with one attached hydrogen (secondary N) is 2. The van der Waals surface area contributed by atoms with Crippen molar-refractivity contribution in [2.24, 2.45) is 0 Å². The second kappa shape index (κ2) is 7.39. The lowest BCUT2D eigenvalue weighted by atomic mass is 10.2. The van der Waals surface area contributed by atoms with Gasteiger partial charge >= 0.3 is 5.97 Å². The molecule has 0 saturated carbocycles. The quantitative estimate of drug-likeness (QED) is 0.621. The highest BCUT2D eigenvalue weighted by Crippen LogP contribution is 2.20. The summed E-state index contributed by atoms with van der Waals surface area (Å²) in [5, 5.41) is 12.1. The predicted molar refractivity (Wildman–Crippen MR) is 79.2 cm³/mol. The molecule has 8 heteroatoms. The van der Waals surface area contributed by atoms with E-state index in [2.05, 4.69) is 10.0 Å². The molecule has 0 fully saturated rings. The SMILES string of the molecule is COCCNc1ccc(S(=O)(=O)NC(C)C)cc1C(=O)O. The van der Waals surface area contributed by atoms with Crippen LogP contribution in [-0.4, -0.2) is 45.8 Å². The Morgan fingerprint density at radius 2 is 2.05 bits per heavy atom. The van der Waals surface area contributed by atoms with Crippen molar-refractivity contribution in [2.45, 2.75) is 24.8 Å². The molecule has 0 spiro atoms. The minimum atomic E-state index is -3.72. The van der Waals surface area contributed by atoms with E-state index in [1.54, 1.807) is 13.8 Å². The molecule has 0 saturated heterocycles. The van der Waals surface area contributed by atoms with Crippen molar-refractivity contribution in [3.05, 3.63) is 23.8 Å². The third-order valence-electron chi connectivity index (χ3n) is 2.54. The van der Waals surface area contributed by atoms with Gasteiger partial charge in [-0.2, -0.15) is 0 Å². The van der Waals surface area contributed by atoms with Crippen molar-refractivity contribution in [1.29, 1.82) is 0 Å². The number of rotatable bonds is 8. The fraction of sp³-hybridized carbons (Fsp3) is 0.462. The minimum Gasteiger partial charge on any atom is -0.478 e. The van der Waals surface area contributed by atoms with Crippen LogP contribution in [0.5, 0.6) is 0 Å². The molecule has 0 bridgehead atoms. The Labute approximate surface area is 124 Å². The van der Waals surface area contributed by atoms with E-state index >= 15 is 0 Å². The Hall–Kier alpha value is -1.64. The summed E-state index contributed by atoms with van der Waals surface area (Å²) in [6, 6.07) is 3.67. The standard InChI is InChI=1S/C13H20N2O5S/c1-9(2)15-21(18,19)10-4-5-12(14-6-7-20-3)11(8-10)13(16)17/h4-5,8-9,14-15H,6-7H2,1-3H3,(H,16,17). The van der Waals surface area contributed by atoms with E-state index in [4.69, 9.17) is 4.74 Å². The van der Waals surface area contributed by atoms with Gasteiger partial charge in [0.15, 0.2) is 0 Å². The number of carbonyl (C=O) groups is 1. The summed E-state index contributed by atoms with van der Waals surface area (Å²) in [6.45, 7) is 4.22. The van der Waals surface area contributed by atoms with Crippen molar-refractivity contribution in [3.63, 3.8) is 0 Å². The fourth-order valence-electron chi connectivity index (χ4n) is 1.69. The topological polar surface area (TPSA) is 105 Å². The number of ether oxygens (including phenoxy) is 1. The van der Waals surface area contributed by atoms with E-state index in [0.717, 1.165) is 6.07 Å². The van der Waals surface area contributed by atoms with Gasteiger partial charge in [0.25, 0.3) is 0 Å². The lowest BCUT2D eigenvalue weighted by Gasteiger charge is -2.13. The molecule has 0 aliphatic rings. The van der Waals surface area contributed by atoms with Gasteiger partial charge < -0.3 is 15.2 Å². The van der Waals surface area contributed by atoms with Crippen molar-refractivity contribution in [1.82, 2.24) is 4.72 Å². The zero-order chi connectivity index (χ0) is 16.0. The highest BCUT2D eigenvalue weighted by Gasteiger charge is 2.19. The molecule has 0 aliphatic carbocycles. The van der Waals surface area contributed by atoms with Crippen molar-refractivity contribution in [2.75, 3.05) is 25.6 Å². The summed E-state index contributed by atoms with van der Waals surface area (Å²) in [5.41, 5.74) is 0.251. The molecule has 0 radical (unpaired) electrons. The second-order valence-corrected chi connectivity index (χ2v) is 6.42. The molecule has 0 amide bonds. The van der Waals surface area contributed by atoms with Crippen molar-refractivity contribution < 1.29 is 23.1 Å². The Balaban J connectivity index is 3.11. The van der Waals surface area contributed by atoms with Crippen LogP contribution in [-0.2, 0) is 14.8 Å². The van der Waals surface area contributed by atoms with Crippen molar-refractivity contribution in [3.8, 4) is 0 Å². The van der Waals surface area contributed by atoms with Gasteiger partial charge in [-0.3, -0.25) is 0 Å². The number of carboxylic acid groups (broad SMARTS) is 1. The number of benzene rings is 1. The van der Waals surface area contributed by atoms with Gasteiger partial charge in [-0.25, -0.2) is 17.9 Å². The maximum absolute atomic E-state index is 12.0. The zero-order valence-electron chi connectivity index (χ0n) is 12.2. The lowest BCUT2D eigenvalue weighted by molar-refractivity contribution is 0.0697. The molecule has 118 valence electrons. The third kappa shape index (κ3) is 5.00. The van der Waals surface area contributed by atoms with Gasteiger partial charge in [-0.05, 0) is 32.0 Å². The summed E-state index contributed by atoms with van der Waals surface area (Å²) in [4.78, 5) is 11.2. The maximum Gasteiger partial charge on any atom is 0.337 e. The summed E-state index contributed by atoms with van der Waals surface area (Å²) in [6.07, 6.45) is 0. The summed E-state index contributed by atoms with van der Waals surface area (Å²) in [5.74, 6) is -1.20. The van der Waals surface area contributed by atoms with E-state index in [0.29, 0.717) is 18.8 Å². The second-order valence-electron chi connectivity index (χ2n) is 4.71. The van der Waals surface area contributed by atoms with Gasteiger partial charge in [0, 0.05) is 25.4 Å². The van der Waals surface area contributed by atoms with E-state index in [1.165, 1.54) is 19.2 Å². The van der Waals surface area contributed by atoms with Crippen LogP contribution in [0.3, 0.4) is 0 Å². The molecule has 0 aromatic heterocycles. The molecular formula is C13H20N2O5S. The highest BCUT2D eigenvalue weighted by molar-refractivity contribution is 7.89. The van der Waals surface area contributed by atoms with Crippen LogP contribution in [0.2, 0.25) is 0 Å². The Morgan fingerprint density at radius 3 is 2.57 bits per heavy atom. The van der Waals surface area contributed by atoms with Crippen LogP contribution in [0.4, 0.5) is 5.69 Å². The molecule has 1 aromatic carbocycles. The number of carboxylic acids is 1. The van der Waals surface area contributed by atoms with E-state index in [-0.39, 0.29) is 16.5 Å². The van der Waals surface area contributed by atoms with Gasteiger partial charge in [0.05, 0.1) is 17.1 Å². The predicted octanol–water partition coefficient (Wildman–Crippen LogP) is 1.13. The number of anilines is 1. The van der Waals surface area contributed by atoms with Crippen LogP contribution in [0.1, 0.15) is 24.2 Å². The highest BCUT2D eigenvalue weighted by atomic mass is 32.2. The van der Waals surface area contributed by atoms with Gasteiger partial charge in [-0.1, -0.05) is 0 Å². The fourth-order valence-corrected chi connectivity index (χ4v) is 2.96. The molecule has 7 nitrogen and oxygen atoms in total. The third-order valence-corrected chi connectivity index (χ3v) is 4.20. The monoisotopic (exact) mass is 316 g/mol. The first-order valence-corrected chi connectivity index (χ1v) is 7.88. The van der Waals surface area contributed by atoms with Crippen molar-refractivity contribution >= 4 is 21.7 Å². The smallest absolute Gasteiger partial charge is 0.337 e. The average Bonchev–Trinajstić information content (AvgIpc) is 2.37. The summed E-state index contributed by atoms with van der Waals surface area (Å²) >= 11 is 0. The van der Waals surface area contributed by atoms with E-state index in [1.807, 2.05) is 0 Å². The summed E-state index contributed by atoms with van der Waals surface area (Å²) in [7, 11) is -2.19. The molecule has 21 heavy (non-hydrogen) atoms. The van der Waals surface area contributed by atoms with Crippen LogP contribution in [0.15, 0.2) is 23.1 Å². The first-order chi connectivity index (χ1) is 9.77. The van der Waals surface area contributed by atoms with Crippen LogP contribution in [0.25, 0.3) is 0 Å². The van der Waals surface area contributed by atoms with Gasteiger partial charge in [0.1, 0.15) is 0 Å². The van der Waals surface area contributed by atoms with Crippen LogP contribution < -0.4 is 10.0 Å². The molecule has 3 N–H and O–H groups in total. The first kappa shape index (κ1) is 17.4. The normalized spacial score (nSPS) is 11.6.